The van der Waals surface area contributed by atoms with Crippen LogP contribution in [0.25, 0.3) is 0 Å². The van der Waals surface area contributed by atoms with Gasteiger partial charge < -0.3 is 40.3 Å². The molecule has 0 aromatic rings. The molecule has 0 bridgehead atoms. The van der Waals surface area contributed by atoms with Gasteiger partial charge in [0.05, 0.1) is 25.4 Å². The number of amides is 1. The minimum atomic E-state index is -1.57. The summed E-state index contributed by atoms with van der Waals surface area (Å²) in [4.78, 5) is 13.0. The van der Waals surface area contributed by atoms with Crippen molar-refractivity contribution < 1.29 is 39.8 Å². The second-order valence-electron chi connectivity index (χ2n) is 15.8. The summed E-state index contributed by atoms with van der Waals surface area (Å²) in [6, 6.07) is -0.754. The van der Waals surface area contributed by atoms with Gasteiger partial charge in [-0.2, -0.15) is 0 Å². The molecule has 1 heterocycles. The van der Waals surface area contributed by atoms with Crippen LogP contribution in [0, 0.1) is 0 Å². The first-order chi connectivity index (χ1) is 28.8. The molecule has 0 radical (unpaired) electrons. The molecule has 1 aliphatic rings. The Morgan fingerprint density at radius 3 is 1.49 bits per heavy atom. The molecule has 59 heavy (non-hydrogen) atoms. The first kappa shape index (κ1) is 54.4. The zero-order valence-corrected chi connectivity index (χ0v) is 37.0. The van der Waals surface area contributed by atoms with Gasteiger partial charge in [-0.1, -0.05) is 182 Å². The Bertz CT molecular complexity index is 1190. The molecule has 1 aliphatic heterocycles. The molecule has 7 atom stereocenters. The molecule has 0 spiro atoms. The molecule has 6 N–H and O–H groups in total. The summed E-state index contributed by atoms with van der Waals surface area (Å²) in [6.07, 6.45) is 47.3. The number of aliphatic hydroxyl groups is 5. The van der Waals surface area contributed by atoms with E-state index in [9.17, 15) is 30.3 Å². The number of rotatable bonds is 37. The maximum Gasteiger partial charge on any atom is 0.220 e. The first-order valence-electron chi connectivity index (χ1n) is 23.3. The monoisotopic (exact) mass is 828 g/mol. The number of allylic oxidation sites excluding steroid dienone is 14. The largest absolute Gasteiger partial charge is 0.394 e. The minimum absolute atomic E-state index is 0.167. The predicted octanol–water partition coefficient (Wildman–Crippen LogP) is 9.94. The highest BCUT2D eigenvalue weighted by Gasteiger charge is 2.44. The van der Waals surface area contributed by atoms with Crippen molar-refractivity contribution in [3.63, 3.8) is 0 Å². The van der Waals surface area contributed by atoms with Crippen LogP contribution in [0.4, 0.5) is 0 Å². The maximum atomic E-state index is 13.0. The maximum absolute atomic E-state index is 13.0. The average molecular weight is 828 g/mol. The highest BCUT2D eigenvalue weighted by atomic mass is 16.7. The van der Waals surface area contributed by atoms with Gasteiger partial charge >= 0.3 is 0 Å². The second-order valence-corrected chi connectivity index (χ2v) is 15.8. The van der Waals surface area contributed by atoms with Crippen LogP contribution in [0.15, 0.2) is 85.1 Å². The Morgan fingerprint density at radius 2 is 1.03 bits per heavy atom. The van der Waals surface area contributed by atoms with Crippen LogP contribution < -0.4 is 5.32 Å². The summed E-state index contributed by atoms with van der Waals surface area (Å²) < 4.78 is 11.2. The smallest absolute Gasteiger partial charge is 0.220 e. The highest BCUT2D eigenvalue weighted by Crippen LogP contribution is 2.23. The number of unbranched alkanes of at least 4 members (excludes halogenated alkanes) is 13. The van der Waals surface area contributed by atoms with Crippen molar-refractivity contribution >= 4 is 5.91 Å². The van der Waals surface area contributed by atoms with Crippen molar-refractivity contribution in [2.75, 3.05) is 13.2 Å². The van der Waals surface area contributed by atoms with E-state index in [1.54, 1.807) is 0 Å². The lowest BCUT2D eigenvalue weighted by molar-refractivity contribution is -0.302. The van der Waals surface area contributed by atoms with Crippen LogP contribution in [0.5, 0.6) is 0 Å². The quantitative estimate of drug-likeness (QED) is 0.0268. The standard InChI is InChI=1S/C50H85NO8/c1-3-5-7-9-11-13-15-17-18-19-20-21-22-23-24-25-26-28-30-32-34-36-38-40-46(54)51-43(42-58-50-49(57)48(56)47(55)45(41-52)59-50)44(53)39-37-35-33-31-29-27-16-14-12-10-8-6-4-2/h5,7,11,13,17-18,20-21,23-24,26,28,32,34,43-45,47-50,52-53,55-57H,3-4,6,8-10,12,14-16,19,22,25,27,29-31,33,35-42H2,1-2H3,(H,51,54)/b7-5-,13-11-,18-17-,21-20-,24-23-,28-26-,34-32-. The number of aliphatic hydroxyl groups excluding tert-OH is 5. The third-order valence-corrected chi connectivity index (χ3v) is 10.5. The first-order valence-corrected chi connectivity index (χ1v) is 23.3. The van der Waals surface area contributed by atoms with Crippen molar-refractivity contribution in [3.8, 4) is 0 Å². The van der Waals surface area contributed by atoms with Gasteiger partial charge in [-0.25, -0.2) is 0 Å². The van der Waals surface area contributed by atoms with E-state index in [1.807, 2.05) is 0 Å². The Hall–Kier alpha value is -2.63. The normalized spacial score (nSPS) is 21.5. The summed E-state index contributed by atoms with van der Waals surface area (Å²) in [5, 5.41) is 54.3. The summed E-state index contributed by atoms with van der Waals surface area (Å²) in [5.74, 6) is -0.206. The molecule has 1 amide bonds. The molecule has 9 nitrogen and oxygen atoms in total. The molecule has 9 heteroatoms. The average Bonchev–Trinajstić information content (AvgIpc) is 3.23. The summed E-state index contributed by atoms with van der Waals surface area (Å²) >= 11 is 0. The summed E-state index contributed by atoms with van der Waals surface area (Å²) in [5.41, 5.74) is 0. The number of hydrogen-bond donors (Lipinski definition) is 6. The SMILES string of the molecule is CC/C=C\C/C=C\C/C=C\C/C=C\C/C=C\C/C=C\C/C=C\CCCC(=O)NC(COC1OC(CO)C(O)C(O)C1O)C(O)CCCCCCCCCCCCCCC. The number of nitrogens with one attached hydrogen (secondary N) is 1. The highest BCUT2D eigenvalue weighted by molar-refractivity contribution is 5.76. The van der Waals surface area contributed by atoms with Crippen LogP contribution in [0.2, 0.25) is 0 Å². The van der Waals surface area contributed by atoms with Gasteiger partial charge in [0, 0.05) is 6.42 Å². The molecule has 1 fully saturated rings. The topological polar surface area (TPSA) is 149 Å². The lowest BCUT2D eigenvalue weighted by atomic mass is 9.99. The number of ether oxygens (including phenoxy) is 2. The lowest BCUT2D eigenvalue weighted by Gasteiger charge is -2.40. The van der Waals surface area contributed by atoms with Crippen LogP contribution in [0.1, 0.15) is 168 Å². The van der Waals surface area contributed by atoms with Gasteiger partial charge in [0.25, 0.3) is 0 Å². The Morgan fingerprint density at radius 1 is 0.593 bits per heavy atom. The molecule has 0 aromatic heterocycles. The number of hydrogen-bond acceptors (Lipinski definition) is 8. The van der Waals surface area contributed by atoms with Gasteiger partial charge in [-0.3, -0.25) is 4.79 Å². The van der Waals surface area contributed by atoms with E-state index in [1.165, 1.54) is 64.2 Å². The van der Waals surface area contributed by atoms with Crippen molar-refractivity contribution in [2.24, 2.45) is 0 Å². The van der Waals surface area contributed by atoms with Crippen LogP contribution in [-0.2, 0) is 14.3 Å². The predicted molar refractivity (Wildman–Crippen MR) is 244 cm³/mol. The molecule has 1 rings (SSSR count). The van der Waals surface area contributed by atoms with Gasteiger partial charge in [-0.15, -0.1) is 0 Å². The van der Waals surface area contributed by atoms with Crippen molar-refractivity contribution in [3.05, 3.63) is 85.1 Å². The van der Waals surface area contributed by atoms with Crippen molar-refractivity contribution in [2.45, 2.75) is 211 Å². The molecule has 0 aromatic carbocycles. The second kappa shape index (κ2) is 39.5. The number of carbonyl (C=O) groups is 1. The molecule has 0 saturated carbocycles. The van der Waals surface area contributed by atoms with Crippen LogP contribution in [0.3, 0.4) is 0 Å². The minimum Gasteiger partial charge on any atom is -0.394 e. The zero-order valence-electron chi connectivity index (χ0n) is 37.0. The molecular weight excluding hydrogens is 743 g/mol. The van der Waals surface area contributed by atoms with E-state index >= 15 is 0 Å². The molecule has 338 valence electrons. The number of carbonyl (C=O) groups excluding carboxylic acids is 1. The fourth-order valence-corrected chi connectivity index (χ4v) is 6.80. The molecule has 0 aliphatic carbocycles. The van der Waals surface area contributed by atoms with Gasteiger partial charge in [-0.05, 0) is 64.2 Å². The Balaban J connectivity index is 2.37. The summed E-state index contributed by atoms with van der Waals surface area (Å²) in [7, 11) is 0. The fraction of sp³-hybridized carbons (Fsp3) is 0.700. The summed E-state index contributed by atoms with van der Waals surface area (Å²) in [6.45, 7) is 3.66. The third-order valence-electron chi connectivity index (χ3n) is 10.5. The van der Waals surface area contributed by atoms with E-state index < -0.39 is 49.5 Å². The van der Waals surface area contributed by atoms with Gasteiger partial charge in [0.1, 0.15) is 24.4 Å². The van der Waals surface area contributed by atoms with Gasteiger partial charge in [0.2, 0.25) is 5.91 Å². The fourth-order valence-electron chi connectivity index (χ4n) is 6.80. The van der Waals surface area contributed by atoms with E-state index in [-0.39, 0.29) is 18.9 Å². The zero-order chi connectivity index (χ0) is 43.0. The third kappa shape index (κ3) is 30.1. The molecular formula is C50H85NO8. The Labute approximate surface area is 359 Å². The van der Waals surface area contributed by atoms with E-state index in [4.69, 9.17) is 9.47 Å². The van der Waals surface area contributed by atoms with E-state index in [2.05, 4.69) is 104 Å². The van der Waals surface area contributed by atoms with E-state index in [0.717, 1.165) is 70.6 Å². The lowest BCUT2D eigenvalue weighted by Crippen LogP contribution is -2.60. The van der Waals surface area contributed by atoms with E-state index in [0.29, 0.717) is 12.8 Å². The Kier molecular flexibility index (Phi) is 36.4. The van der Waals surface area contributed by atoms with Crippen molar-refractivity contribution in [1.82, 2.24) is 5.32 Å². The van der Waals surface area contributed by atoms with Crippen molar-refractivity contribution in [1.29, 1.82) is 0 Å². The van der Waals surface area contributed by atoms with Crippen LogP contribution in [-0.4, -0.2) is 87.5 Å². The molecule has 1 saturated heterocycles. The van der Waals surface area contributed by atoms with Gasteiger partial charge in [0.15, 0.2) is 6.29 Å². The van der Waals surface area contributed by atoms with Crippen LogP contribution >= 0.6 is 0 Å². The molecule has 7 unspecified atom stereocenters.